The summed E-state index contributed by atoms with van der Waals surface area (Å²) in [5.41, 5.74) is 1.11. The summed E-state index contributed by atoms with van der Waals surface area (Å²) in [5, 5.41) is 3.34. The Morgan fingerprint density at radius 1 is 1.55 bits per heavy atom. The lowest BCUT2D eigenvalue weighted by molar-refractivity contribution is -0.0436. The maximum Gasteiger partial charge on any atom is 0.137 e. The quantitative estimate of drug-likeness (QED) is 0.887. The zero-order valence-corrected chi connectivity index (χ0v) is 13.6. The molecule has 2 unspecified atom stereocenters. The highest BCUT2D eigenvalue weighted by Gasteiger charge is 2.26. The fraction of sp³-hybridized carbons (Fsp3) is 0.600. The molecule has 1 aliphatic heterocycles. The van der Waals surface area contributed by atoms with Gasteiger partial charge in [-0.3, -0.25) is 4.90 Å². The number of hydrogen-bond donors (Lipinski definition) is 1. The monoisotopic (exact) mass is 344 g/mol. The number of likely N-dealkylation sites (N-methyl/N-ethyl adjacent to an activating group) is 2. The van der Waals surface area contributed by atoms with E-state index >= 15 is 0 Å². The van der Waals surface area contributed by atoms with Gasteiger partial charge in [0, 0.05) is 19.1 Å². The molecule has 1 aromatic carbocycles. The van der Waals surface area contributed by atoms with Gasteiger partial charge in [-0.25, -0.2) is 4.39 Å². The molecule has 0 aromatic heterocycles. The van der Waals surface area contributed by atoms with E-state index in [1.165, 1.54) is 6.07 Å². The molecule has 1 N–H and O–H groups in total. The molecule has 3 nitrogen and oxygen atoms in total. The fourth-order valence-corrected chi connectivity index (χ4v) is 3.03. The Labute approximate surface area is 128 Å². The predicted molar refractivity (Wildman–Crippen MR) is 82.5 cm³/mol. The number of nitrogens with zero attached hydrogens (tertiary/aromatic N) is 1. The maximum absolute atomic E-state index is 13.3. The van der Waals surface area contributed by atoms with Crippen LogP contribution in [-0.2, 0) is 11.2 Å². The number of nitrogens with one attached hydrogen (secondary N) is 1. The summed E-state index contributed by atoms with van der Waals surface area (Å²) in [7, 11) is 1.96. The number of halogens is 2. The van der Waals surface area contributed by atoms with Gasteiger partial charge in [-0.05, 0) is 53.6 Å². The van der Waals surface area contributed by atoms with Gasteiger partial charge in [0.25, 0.3) is 0 Å². The molecule has 0 amide bonds. The highest BCUT2D eigenvalue weighted by Crippen LogP contribution is 2.19. The molecule has 2 rings (SSSR count). The normalized spacial score (nSPS) is 21.9. The first-order valence-electron chi connectivity index (χ1n) is 7.09. The van der Waals surface area contributed by atoms with Gasteiger partial charge in [0.2, 0.25) is 0 Å². The number of ether oxygens (including phenoxy) is 1. The molecule has 0 radical (unpaired) electrons. The van der Waals surface area contributed by atoms with Crippen LogP contribution >= 0.6 is 15.9 Å². The van der Waals surface area contributed by atoms with E-state index in [9.17, 15) is 4.39 Å². The third-order valence-electron chi connectivity index (χ3n) is 3.88. The van der Waals surface area contributed by atoms with E-state index in [4.69, 9.17) is 4.74 Å². The minimum atomic E-state index is -0.221. The van der Waals surface area contributed by atoms with Crippen LogP contribution in [0.3, 0.4) is 0 Å². The van der Waals surface area contributed by atoms with Crippen LogP contribution in [0.4, 0.5) is 4.39 Å². The van der Waals surface area contributed by atoms with Crippen LogP contribution in [0.25, 0.3) is 0 Å². The highest BCUT2D eigenvalue weighted by atomic mass is 79.9. The molecule has 5 heteroatoms. The molecule has 1 aromatic rings. The first kappa shape index (κ1) is 15.9. The molecule has 0 aliphatic carbocycles. The third kappa shape index (κ3) is 4.01. The Morgan fingerprint density at radius 3 is 3.00 bits per heavy atom. The number of hydrogen-bond acceptors (Lipinski definition) is 3. The fourth-order valence-electron chi connectivity index (χ4n) is 2.60. The van der Waals surface area contributed by atoms with Crippen LogP contribution in [-0.4, -0.2) is 50.3 Å². The van der Waals surface area contributed by atoms with Crippen molar-refractivity contribution in [2.24, 2.45) is 0 Å². The molecule has 1 aliphatic rings. The predicted octanol–water partition coefficient (Wildman–Crippen LogP) is 2.44. The summed E-state index contributed by atoms with van der Waals surface area (Å²) in [6, 6.07) is 5.43. The van der Waals surface area contributed by atoms with Crippen molar-refractivity contribution in [3.63, 3.8) is 0 Å². The zero-order chi connectivity index (χ0) is 14.5. The van der Waals surface area contributed by atoms with Gasteiger partial charge < -0.3 is 10.1 Å². The van der Waals surface area contributed by atoms with E-state index in [1.54, 1.807) is 0 Å². The lowest BCUT2D eigenvalue weighted by Gasteiger charge is -2.36. The second kappa shape index (κ2) is 7.50. The lowest BCUT2D eigenvalue weighted by atomic mass is 10.00. The molecular formula is C15H22BrFN2O. The minimum Gasteiger partial charge on any atom is -0.374 e. The van der Waals surface area contributed by atoms with Gasteiger partial charge >= 0.3 is 0 Å². The molecule has 0 saturated carbocycles. The lowest BCUT2D eigenvalue weighted by Crippen LogP contribution is -2.52. The topological polar surface area (TPSA) is 24.5 Å². The smallest absolute Gasteiger partial charge is 0.137 e. The second-order valence-electron chi connectivity index (χ2n) is 5.15. The average Bonchev–Trinajstić information content (AvgIpc) is 2.48. The van der Waals surface area contributed by atoms with E-state index in [0.29, 0.717) is 4.47 Å². The maximum atomic E-state index is 13.3. The van der Waals surface area contributed by atoms with Crippen molar-refractivity contribution in [3.8, 4) is 0 Å². The Morgan fingerprint density at radius 2 is 2.35 bits per heavy atom. The summed E-state index contributed by atoms with van der Waals surface area (Å²) in [6.07, 6.45) is 1.01. The van der Waals surface area contributed by atoms with Crippen LogP contribution < -0.4 is 5.32 Å². The Balaban J connectivity index is 2.02. The summed E-state index contributed by atoms with van der Waals surface area (Å²) >= 11 is 3.24. The van der Waals surface area contributed by atoms with Crippen LogP contribution in [0.1, 0.15) is 12.5 Å². The van der Waals surface area contributed by atoms with Crippen molar-refractivity contribution >= 4 is 15.9 Å². The van der Waals surface area contributed by atoms with Gasteiger partial charge in [0.15, 0.2) is 0 Å². The number of benzene rings is 1. The van der Waals surface area contributed by atoms with E-state index in [0.717, 1.165) is 38.2 Å². The third-order valence-corrected chi connectivity index (χ3v) is 4.49. The van der Waals surface area contributed by atoms with Crippen molar-refractivity contribution in [1.82, 2.24) is 10.2 Å². The standard InChI is InChI=1S/C15H22BrFN2O/c1-3-19-6-7-20-15(10-19)14(18-2)9-11-4-5-13(17)12(16)8-11/h4-5,8,14-15,18H,3,6-7,9-10H2,1-2H3. The summed E-state index contributed by atoms with van der Waals surface area (Å²) in [4.78, 5) is 2.40. The van der Waals surface area contributed by atoms with Gasteiger partial charge in [0.1, 0.15) is 5.82 Å². The molecule has 20 heavy (non-hydrogen) atoms. The second-order valence-corrected chi connectivity index (χ2v) is 6.00. The molecule has 0 bridgehead atoms. The first-order chi connectivity index (χ1) is 9.63. The Hall–Kier alpha value is -0.490. The van der Waals surface area contributed by atoms with Crippen molar-refractivity contribution in [2.45, 2.75) is 25.5 Å². The zero-order valence-electron chi connectivity index (χ0n) is 12.0. The van der Waals surface area contributed by atoms with Gasteiger partial charge in [-0.1, -0.05) is 13.0 Å². The van der Waals surface area contributed by atoms with Crippen molar-refractivity contribution in [1.29, 1.82) is 0 Å². The van der Waals surface area contributed by atoms with Gasteiger partial charge in [-0.15, -0.1) is 0 Å². The number of rotatable bonds is 5. The average molecular weight is 345 g/mol. The summed E-state index contributed by atoms with van der Waals surface area (Å²) < 4.78 is 19.7. The molecule has 1 heterocycles. The number of morpholine rings is 1. The van der Waals surface area contributed by atoms with Crippen LogP contribution in [0.15, 0.2) is 22.7 Å². The van der Waals surface area contributed by atoms with Gasteiger partial charge in [-0.2, -0.15) is 0 Å². The largest absolute Gasteiger partial charge is 0.374 e. The molecule has 0 spiro atoms. The Kier molecular flexibility index (Phi) is 5.96. The molecule has 2 atom stereocenters. The van der Waals surface area contributed by atoms with Crippen LogP contribution in [0.2, 0.25) is 0 Å². The summed E-state index contributed by atoms with van der Waals surface area (Å²) in [6.45, 7) is 5.96. The van der Waals surface area contributed by atoms with Gasteiger partial charge in [0.05, 0.1) is 17.2 Å². The molecular weight excluding hydrogens is 323 g/mol. The summed E-state index contributed by atoms with van der Waals surface area (Å²) in [5.74, 6) is -0.221. The minimum absolute atomic E-state index is 0.178. The molecule has 112 valence electrons. The van der Waals surface area contributed by atoms with Crippen molar-refractivity contribution in [2.75, 3.05) is 33.3 Å². The SMILES string of the molecule is CCN1CCOC(C(Cc2ccc(F)c(Br)c2)NC)C1. The highest BCUT2D eigenvalue weighted by molar-refractivity contribution is 9.10. The molecule has 1 saturated heterocycles. The van der Waals surface area contributed by atoms with Crippen LogP contribution in [0, 0.1) is 5.82 Å². The first-order valence-corrected chi connectivity index (χ1v) is 7.88. The van der Waals surface area contributed by atoms with E-state index in [2.05, 4.69) is 33.1 Å². The van der Waals surface area contributed by atoms with Crippen LogP contribution in [0.5, 0.6) is 0 Å². The van der Waals surface area contributed by atoms with E-state index in [1.807, 2.05) is 19.2 Å². The Bertz CT molecular complexity index is 444. The molecule has 1 fully saturated rings. The van der Waals surface area contributed by atoms with E-state index < -0.39 is 0 Å². The van der Waals surface area contributed by atoms with Crippen molar-refractivity contribution < 1.29 is 9.13 Å². The van der Waals surface area contributed by atoms with E-state index in [-0.39, 0.29) is 18.0 Å². The van der Waals surface area contributed by atoms with Crippen molar-refractivity contribution in [3.05, 3.63) is 34.1 Å².